The van der Waals surface area contributed by atoms with Crippen molar-refractivity contribution in [2.24, 2.45) is 5.41 Å². The number of nitrogens with one attached hydrogen (secondary N) is 1. The van der Waals surface area contributed by atoms with Crippen LogP contribution in [0.4, 0.5) is 4.39 Å². The number of imidazole rings is 1. The van der Waals surface area contributed by atoms with E-state index >= 15 is 0 Å². The third-order valence-electron chi connectivity index (χ3n) is 5.04. The van der Waals surface area contributed by atoms with Crippen LogP contribution in [-0.4, -0.2) is 37.6 Å². The molecule has 0 atom stereocenters. The van der Waals surface area contributed by atoms with E-state index in [-0.39, 0.29) is 6.61 Å². The van der Waals surface area contributed by atoms with Gasteiger partial charge >= 0.3 is 5.97 Å². The van der Waals surface area contributed by atoms with Crippen molar-refractivity contribution in [3.8, 4) is 28.4 Å². The molecule has 3 heterocycles. The molecule has 9 heteroatoms. The summed E-state index contributed by atoms with van der Waals surface area (Å²) in [5.74, 6) is -0.703. The number of halogens is 2. The lowest BCUT2D eigenvalue weighted by molar-refractivity contribution is -0.148. The quantitative estimate of drug-likeness (QED) is 0.411. The Morgan fingerprint density at radius 1 is 1.19 bits per heavy atom. The van der Waals surface area contributed by atoms with Gasteiger partial charge in [-0.3, -0.25) is 4.79 Å². The van der Waals surface area contributed by atoms with Crippen LogP contribution in [0, 0.1) is 18.2 Å². The highest BCUT2D eigenvalue weighted by molar-refractivity contribution is 6.31. The molecule has 32 heavy (non-hydrogen) atoms. The zero-order chi connectivity index (χ0) is 23.0. The predicted octanol–water partition coefficient (Wildman–Crippen LogP) is 5.28. The highest BCUT2D eigenvalue weighted by Gasteiger charge is 2.28. The Bertz CT molecular complexity index is 1340. The number of fused-ring (bicyclic) bond motifs is 1. The third-order valence-corrected chi connectivity index (χ3v) is 5.25. The molecule has 0 saturated carbocycles. The Balaban J connectivity index is 1.58. The molecule has 0 amide bonds. The lowest BCUT2D eigenvalue weighted by Crippen LogP contribution is -2.31. The van der Waals surface area contributed by atoms with E-state index in [2.05, 4.69) is 19.9 Å². The summed E-state index contributed by atoms with van der Waals surface area (Å²) in [4.78, 5) is 27.0. The summed E-state index contributed by atoms with van der Waals surface area (Å²) in [5.41, 5.74) is 2.40. The van der Waals surface area contributed by atoms with Gasteiger partial charge in [0.2, 0.25) is 5.88 Å². The van der Waals surface area contributed by atoms with Gasteiger partial charge in [0.05, 0.1) is 21.5 Å². The molecule has 0 unspecified atom stereocenters. The summed E-state index contributed by atoms with van der Waals surface area (Å²) >= 11 is 5.95. The molecule has 0 aliphatic rings. The molecule has 0 aliphatic carbocycles. The molecule has 4 rings (SSSR count). The summed E-state index contributed by atoms with van der Waals surface area (Å²) < 4.78 is 20.5. The van der Waals surface area contributed by atoms with E-state index in [1.807, 2.05) is 6.07 Å². The second-order valence-electron chi connectivity index (χ2n) is 8.13. The van der Waals surface area contributed by atoms with Gasteiger partial charge in [-0.2, -0.15) is 0 Å². The van der Waals surface area contributed by atoms with Crippen molar-refractivity contribution in [3.05, 3.63) is 59.1 Å². The van der Waals surface area contributed by atoms with Crippen molar-refractivity contribution < 1.29 is 19.0 Å². The van der Waals surface area contributed by atoms with E-state index in [9.17, 15) is 14.3 Å². The molecule has 0 spiro atoms. The summed E-state index contributed by atoms with van der Waals surface area (Å²) in [6.45, 7) is 4.94. The SMILES string of the molecule is Cc1cc(-c2ccc(-c3nc4ncc(Cl)cc4[nH]3)c(F)c2)cnc1OCC(C)(C)C(=O)O. The highest BCUT2D eigenvalue weighted by atomic mass is 35.5. The topological polar surface area (TPSA) is 101 Å². The second-order valence-corrected chi connectivity index (χ2v) is 8.56. The number of carboxylic acid groups (broad SMARTS) is 1. The van der Waals surface area contributed by atoms with E-state index in [4.69, 9.17) is 16.3 Å². The molecule has 164 valence electrons. The zero-order valence-electron chi connectivity index (χ0n) is 17.6. The number of pyridine rings is 2. The van der Waals surface area contributed by atoms with Gasteiger partial charge in [0.15, 0.2) is 5.65 Å². The lowest BCUT2D eigenvalue weighted by Gasteiger charge is -2.19. The Labute approximate surface area is 188 Å². The van der Waals surface area contributed by atoms with Crippen molar-refractivity contribution in [1.82, 2.24) is 19.9 Å². The average Bonchev–Trinajstić information content (AvgIpc) is 3.15. The molecule has 0 fully saturated rings. The number of rotatable bonds is 6. The minimum atomic E-state index is -1.04. The number of aliphatic carboxylic acids is 1. The predicted molar refractivity (Wildman–Crippen MR) is 119 cm³/mol. The maximum Gasteiger partial charge on any atom is 0.312 e. The second kappa shape index (κ2) is 8.20. The molecule has 0 saturated heterocycles. The van der Waals surface area contributed by atoms with Crippen LogP contribution in [0.1, 0.15) is 19.4 Å². The number of aryl methyl sites for hydroxylation is 1. The van der Waals surface area contributed by atoms with Gasteiger partial charge in [-0.1, -0.05) is 17.7 Å². The van der Waals surface area contributed by atoms with E-state index in [1.54, 1.807) is 45.2 Å². The molecule has 4 aromatic rings. The fraction of sp³-hybridized carbons (Fsp3) is 0.217. The summed E-state index contributed by atoms with van der Waals surface area (Å²) in [6.07, 6.45) is 3.05. The first kappa shape index (κ1) is 21.7. The number of ether oxygens (including phenoxy) is 1. The van der Waals surface area contributed by atoms with E-state index in [0.717, 1.165) is 0 Å². The van der Waals surface area contributed by atoms with Crippen LogP contribution in [0.5, 0.6) is 5.88 Å². The van der Waals surface area contributed by atoms with Crippen molar-refractivity contribution in [2.75, 3.05) is 6.61 Å². The number of hydrogen-bond donors (Lipinski definition) is 2. The number of hydrogen-bond acceptors (Lipinski definition) is 5. The van der Waals surface area contributed by atoms with Crippen LogP contribution in [0.15, 0.2) is 42.7 Å². The van der Waals surface area contributed by atoms with Gasteiger partial charge in [-0.25, -0.2) is 19.3 Å². The monoisotopic (exact) mass is 454 g/mol. The van der Waals surface area contributed by atoms with Crippen LogP contribution < -0.4 is 4.74 Å². The van der Waals surface area contributed by atoms with Crippen LogP contribution in [0.3, 0.4) is 0 Å². The number of aromatic nitrogens is 4. The van der Waals surface area contributed by atoms with E-state index in [0.29, 0.717) is 50.1 Å². The van der Waals surface area contributed by atoms with Gasteiger partial charge in [0.1, 0.15) is 18.2 Å². The maximum absolute atomic E-state index is 14.9. The van der Waals surface area contributed by atoms with Crippen LogP contribution in [-0.2, 0) is 4.79 Å². The van der Waals surface area contributed by atoms with Gasteiger partial charge in [-0.15, -0.1) is 0 Å². The van der Waals surface area contributed by atoms with Gasteiger partial charge in [0.25, 0.3) is 0 Å². The standard InChI is InChI=1S/C23H20ClFN4O3/c1-12-6-14(9-27-21(12)32-11-23(2,3)22(30)31)13-4-5-16(17(25)7-13)19-28-18-8-15(24)10-26-20(18)29-19/h4-10H,11H2,1-3H3,(H,30,31)(H,26,28,29). The number of aromatic amines is 1. The minimum Gasteiger partial charge on any atom is -0.481 e. The number of benzene rings is 1. The first-order chi connectivity index (χ1) is 15.1. The van der Waals surface area contributed by atoms with E-state index in [1.165, 1.54) is 12.3 Å². The van der Waals surface area contributed by atoms with Gasteiger partial charge in [-0.05, 0) is 50.6 Å². The molecule has 0 aliphatic heterocycles. The number of nitrogens with zero attached hydrogens (tertiary/aromatic N) is 3. The number of H-pyrrole nitrogens is 1. The van der Waals surface area contributed by atoms with Gasteiger partial charge < -0.3 is 14.8 Å². The van der Waals surface area contributed by atoms with Gasteiger partial charge in [0, 0.05) is 23.5 Å². The number of carbonyl (C=O) groups is 1. The molecule has 0 radical (unpaired) electrons. The van der Waals surface area contributed by atoms with Crippen molar-refractivity contribution in [1.29, 1.82) is 0 Å². The van der Waals surface area contributed by atoms with Crippen molar-refractivity contribution >= 4 is 28.7 Å². The first-order valence-corrected chi connectivity index (χ1v) is 10.2. The largest absolute Gasteiger partial charge is 0.481 e. The first-order valence-electron chi connectivity index (χ1n) is 9.78. The Morgan fingerprint density at radius 3 is 2.66 bits per heavy atom. The minimum absolute atomic E-state index is 0.0174. The Morgan fingerprint density at radius 2 is 1.97 bits per heavy atom. The Kier molecular flexibility index (Phi) is 5.56. The molecule has 1 aromatic carbocycles. The summed E-state index contributed by atoms with van der Waals surface area (Å²) in [7, 11) is 0. The normalized spacial score (nSPS) is 11.7. The molecule has 2 N–H and O–H groups in total. The maximum atomic E-state index is 14.9. The molecular formula is C23H20ClFN4O3. The highest BCUT2D eigenvalue weighted by Crippen LogP contribution is 2.30. The Hall–Kier alpha value is -3.52. The summed E-state index contributed by atoms with van der Waals surface area (Å²) in [6, 6.07) is 8.32. The third kappa shape index (κ3) is 4.27. The number of carboxylic acids is 1. The molecule has 3 aromatic heterocycles. The molecule has 7 nitrogen and oxygen atoms in total. The van der Waals surface area contributed by atoms with Crippen molar-refractivity contribution in [2.45, 2.75) is 20.8 Å². The average molecular weight is 455 g/mol. The fourth-order valence-electron chi connectivity index (χ4n) is 3.07. The summed E-state index contributed by atoms with van der Waals surface area (Å²) in [5, 5.41) is 9.68. The van der Waals surface area contributed by atoms with Crippen molar-refractivity contribution in [3.63, 3.8) is 0 Å². The van der Waals surface area contributed by atoms with Crippen LogP contribution in [0.25, 0.3) is 33.7 Å². The van der Waals surface area contributed by atoms with Crippen LogP contribution in [0.2, 0.25) is 5.02 Å². The zero-order valence-corrected chi connectivity index (χ0v) is 18.4. The van der Waals surface area contributed by atoms with E-state index < -0.39 is 17.2 Å². The smallest absolute Gasteiger partial charge is 0.312 e. The lowest BCUT2D eigenvalue weighted by atomic mass is 9.95. The molecular weight excluding hydrogens is 435 g/mol. The van der Waals surface area contributed by atoms with Crippen LogP contribution >= 0.6 is 11.6 Å². The fourth-order valence-corrected chi connectivity index (χ4v) is 3.23. The molecule has 0 bridgehead atoms.